The van der Waals surface area contributed by atoms with Gasteiger partial charge in [0.05, 0.1) is 15.6 Å². The molecule has 0 spiro atoms. The van der Waals surface area contributed by atoms with Crippen molar-refractivity contribution in [1.82, 2.24) is 9.99 Å². The molecule has 9 heteroatoms. The first-order valence-electron chi connectivity index (χ1n) is 4.49. The number of aromatic nitrogens is 1. The number of carbonyl (C=O) groups is 1. The minimum absolute atomic E-state index is 0.0585. The number of pyridine rings is 1. The number of carbonyl (C=O) groups excluding carboxylic acids is 1. The van der Waals surface area contributed by atoms with E-state index >= 15 is 0 Å². The van der Waals surface area contributed by atoms with Crippen LogP contribution in [0.1, 0.15) is 6.42 Å². The maximum absolute atomic E-state index is 11.4. The number of hydrogen-bond donors (Lipinski definition) is 2. The first-order valence-corrected chi connectivity index (χ1v) is 5.28. The van der Waals surface area contributed by atoms with Gasteiger partial charge in [-0.05, 0) is 15.9 Å². The molecule has 0 saturated carbocycles. The SMILES string of the molecule is NNC(=O)CCn1cc(Br)c(=O)c([N+](=O)[O-])c1. The van der Waals surface area contributed by atoms with Crippen molar-refractivity contribution in [3.8, 4) is 0 Å². The highest BCUT2D eigenvalue weighted by atomic mass is 79.9. The van der Waals surface area contributed by atoms with Crippen LogP contribution in [-0.2, 0) is 11.3 Å². The van der Waals surface area contributed by atoms with Crippen molar-refractivity contribution >= 4 is 27.5 Å². The van der Waals surface area contributed by atoms with Crippen molar-refractivity contribution in [1.29, 1.82) is 0 Å². The first-order chi connectivity index (χ1) is 7.95. The lowest BCUT2D eigenvalue weighted by atomic mass is 10.3. The van der Waals surface area contributed by atoms with Crippen molar-refractivity contribution in [3.05, 3.63) is 37.2 Å². The van der Waals surface area contributed by atoms with Gasteiger partial charge in [-0.1, -0.05) is 0 Å². The number of nitrogens with two attached hydrogens (primary N) is 1. The molecule has 0 saturated heterocycles. The lowest BCUT2D eigenvalue weighted by molar-refractivity contribution is -0.386. The number of amides is 1. The van der Waals surface area contributed by atoms with Crippen LogP contribution in [0, 0.1) is 10.1 Å². The molecule has 0 fully saturated rings. The van der Waals surface area contributed by atoms with Gasteiger partial charge in [0, 0.05) is 19.2 Å². The molecule has 1 aromatic rings. The summed E-state index contributed by atoms with van der Waals surface area (Å²) >= 11 is 2.93. The fraction of sp³-hybridized carbons (Fsp3) is 0.250. The second kappa shape index (κ2) is 5.55. The average molecular weight is 305 g/mol. The Morgan fingerprint density at radius 1 is 1.59 bits per heavy atom. The minimum atomic E-state index is -0.771. The highest BCUT2D eigenvalue weighted by Gasteiger charge is 2.15. The molecule has 0 aliphatic rings. The Morgan fingerprint density at radius 2 is 2.24 bits per heavy atom. The Labute approximate surface area is 104 Å². The van der Waals surface area contributed by atoms with Crippen LogP contribution in [0.4, 0.5) is 5.69 Å². The summed E-state index contributed by atoms with van der Waals surface area (Å²) in [4.78, 5) is 32.1. The van der Waals surface area contributed by atoms with Crippen LogP contribution in [0.15, 0.2) is 21.7 Å². The first kappa shape index (κ1) is 13.3. The smallest absolute Gasteiger partial charge is 0.333 e. The number of hydrogen-bond acceptors (Lipinski definition) is 5. The molecule has 0 bridgehead atoms. The van der Waals surface area contributed by atoms with Crippen LogP contribution in [0.3, 0.4) is 0 Å². The topological polar surface area (TPSA) is 120 Å². The van der Waals surface area contributed by atoms with Crippen LogP contribution >= 0.6 is 15.9 Å². The van der Waals surface area contributed by atoms with Gasteiger partial charge in [-0.2, -0.15) is 0 Å². The molecular formula is C8H9BrN4O4. The Morgan fingerprint density at radius 3 is 2.76 bits per heavy atom. The molecule has 1 rings (SSSR count). The average Bonchev–Trinajstić information content (AvgIpc) is 2.29. The van der Waals surface area contributed by atoms with Gasteiger partial charge < -0.3 is 4.57 Å². The highest BCUT2D eigenvalue weighted by Crippen LogP contribution is 2.11. The van der Waals surface area contributed by atoms with Gasteiger partial charge in [0.2, 0.25) is 5.91 Å². The van der Waals surface area contributed by atoms with Gasteiger partial charge in [-0.3, -0.25) is 25.1 Å². The standard InChI is InChI=1S/C8H9BrN4O4/c9-5-3-12(2-1-7(14)11-10)4-6(8(5)15)13(16)17/h3-4H,1-2,10H2,(H,11,14). The van der Waals surface area contributed by atoms with Gasteiger partial charge in [-0.25, -0.2) is 5.84 Å². The van der Waals surface area contributed by atoms with E-state index in [0.29, 0.717) is 0 Å². The maximum atomic E-state index is 11.4. The number of nitro groups is 1. The summed E-state index contributed by atoms with van der Waals surface area (Å²) in [6.07, 6.45) is 2.51. The van der Waals surface area contributed by atoms with Crippen LogP contribution in [-0.4, -0.2) is 15.4 Å². The van der Waals surface area contributed by atoms with Crippen LogP contribution in [0.5, 0.6) is 0 Å². The Hall–Kier alpha value is -1.74. The number of nitrogens with zero attached hydrogens (tertiary/aromatic N) is 2. The van der Waals surface area contributed by atoms with E-state index in [2.05, 4.69) is 15.9 Å². The molecule has 1 heterocycles. The fourth-order valence-corrected chi connectivity index (χ4v) is 1.61. The number of halogens is 1. The second-order valence-corrected chi connectivity index (χ2v) is 3.99. The zero-order valence-corrected chi connectivity index (χ0v) is 10.1. The van der Waals surface area contributed by atoms with Gasteiger partial charge in [0.25, 0.3) is 5.43 Å². The van der Waals surface area contributed by atoms with Crippen LogP contribution < -0.4 is 16.7 Å². The summed E-state index contributed by atoms with van der Waals surface area (Å²) < 4.78 is 1.44. The Kier molecular flexibility index (Phi) is 4.35. The van der Waals surface area contributed by atoms with E-state index < -0.39 is 21.9 Å². The molecule has 0 atom stereocenters. The number of hydrazine groups is 1. The van der Waals surface area contributed by atoms with Crippen LogP contribution in [0.2, 0.25) is 0 Å². The molecule has 1 amide bonds. The number of nitrogens with one attached hydrogen (secondary N) is 1. The molecule has 92 valence electrons. The third kappa shape index (κ3) is 3.36. The minimum Gasteiger partial charge on any atom is -0.346 e. The zero-order valence-electron chi connectivity index (χ0n) is 8.55. The van der Waals surface area contributed by atoms with E-state index in [1.165, 1.54) is 10.8 Å². The summed E-state index contributed by atoms with van der Waals surface area (Å²) in [5.41, 5.74) is 0.691. The van der Waals surface area contributed by atoms with Gasteiger partial charge >= 0.3 is 5.69 Å². The summed E-state index contributed by atoms with van der Waals surface area (Å²) in [6.45, 7) is 0.183. The van der Waals surface area contributed by atoms with Crippen molar-refractivity contribution in [2.75, 3.05) is 0 Å². The largest absolute Gasteiger partial charge is 0.346 e. The lowest BCUT2D eigenvalue weighted by Crippen LogP contribution is -2.30. The van der Waals surface area contributed by atoms with E-state index in [1.807, 2.05) is 5.43 Å². The molecule has 17 heavy (non-hydrogen) atoms. The number of aryl methyl sites for hydroxylation is 1. The molecule has 0 aromatic carbocycles. The second-order valence-electron chi connectivity index (χ2n) is 3.13. The van der Waals surface area contributed by atoms with Gasteiger partial charge in [0.1, 0.15) is 0 Å². The molecule has 8 nitrogen and oxygen atoms in total. The van der Waals surface area contributed by atoms with E-state index in [4.69, 9.17) is 5.84 Å². The van der Waals surface area contributed by atoms with E-state index in [1.54, 1.807) is 0 Å². The van der Waals surface area contributed by atoms with E-state index in [-0.39, 0.29) is 17.4 Å². The Bertz CT molecular complexity index is 513. The van der Waals surface area contributed by atoms with E-state index in [9.17, 15) is 19.7 Å². The van der Waals surface area contributed by atoms with Crippen molar-refractivity contribution in [2.45, 2.75) is 13.0 Å². The molecule has 3 N–H and O–H groups in total. The summed E-state index contributed by atoms with van der Waals surface area (Å²) in [5.74, 6) is 4.49. The monoisotopic (exact) mass is 304 g/mol. The summed E-state index contributed by atoms with van der Waals surface area (Å²) in [5, 5.41) is 10.6. The van der Waals surface area contributed by atoms with Crippen LogP contribution in [0.25, 0.3) is 0 Å². The molecular weight excluding hydrogens is 296 g/mol. The number of rotatable bonds is 4. The zero-order chi connectivity index (χ0) is 13.0. The molecule has 0 aliphatic heterocycles. The Balaban J connectivity index is 2.99. The lowest BCUT2D eigenvalue weighted by Gasteiger charge is -2.05. The van der Waals surface area contributed by atoms with Crippen molar-refractivity contribution in [2.24, 2.45) is 5.84 Å². The predicted molar refractivity (Wildman–Crippen MR) is 62.0 cm³/mol. The third-order valence-corrected chi connectivity index (χ3v) is 2.54. The quantitative estimate of drug-likeness (QED) is 0.348. The fourth-order valence-electron chi connectivity index (χ4n) is 1.14. The highest BCUT2D eigenvalue weighted by molar-refractivity contribution is 9.10. The molecule has 0 aliphatic carbocycles. The van der Waals surface area contributed by atoms with Crippen molar-refractivity contribution in [3.63, 3.8) is 0 Å². The molecule has 0 radical (unpaired) electrons. The normalized spacial score (nSPS) is 10.0. The van der Waals surface area contributed by atoms with Gasteiger partial charge in [-0.15, -0.1) is 0 Å². The van der Waals surface area contributed by atoms with Gasteiger partial charge in [0.15, 0.2) is 0 Å². The predicted octanol–water partition coefficient (Wildman–Crippen LogP) is -0.101. The van der Waals surface area contributed by atoms with E-state index in [0.717, 1.165) is 6.20 Å². The maximum Gasteiger partial charge on any atom is 0.333 e. The van der Waals surface area contributed by atoms with Crippen molar-refractivity contribution < 1.29 is 9.72 Å². The molecule has 0 unspecified atom stereocenters. The summed E-state index contributed by atoms with van der Waals surface area (Å²) in [7, 11) is 0. The third-order valence-electron chi connectivity index (χ3n) is 1.97. The summed E-state index contributed by atoms with van der Waals surface area (Å²) in [6, 6.07) is 0. The molecule has 1 aromatic heterocycles.